The Balaban J connectivity index is 1.28. The van der Waals surface area contributed by atoms with Crippen LogP contribution in [0.25, 0.3) is 21.8 Å². The van der Waals surface area contributed by atoms with Gasteiger partial charge in [0.05, 0.1) is 38.5 Å². The zero-order valence-electron chi connectivity index (χ0n) is 38.2. The molecule has 5 rings (SSSR count). The maximum Gasteiger partial charge on any atom is 0.243 e. The quantitative estimate of drug-likeness (QED) is 0.0250. The fraction of sp³-hybridized carbons (Fsp3) is 0.396. The molecule has 6 amide bonds. The number of nitrogens with zero attached hydrogens (tertiary/aromatic N) is 4. The van der Waals surface area contributed by atoms with Gasteiger partial charge in [-0.25, -0.2) is 0 Å². The number of nitrogens with two attached hydrogens (primary N) is 1. The van der Waals surface area contributed by atoms with Crippen molar-refractivity contribution in [3.8, 4) is 0 Å². The summed E-state index contributed by atoms with van der Waals surface area (Å²) < 4.78 is 0. The molecule has 5 aromatic rings. The Kier molecular flexibility index (Phi) is 20.6. The van der Waals surface area contributed by atoms with Crippen molar-refractivity contribution in [2.45, 2.75) is 51.6 Å². The summed E-state index contributed by atoms with van der Waals surface area (Å²) in [6.07, 6.45) is 9.14. The summed E-state index contributed by atoms with van der Waals surface area (Å²) >= 11 is 4.14. The molecule has 358 valence electrons. The number of carbonyl (C=O) groups is 6. The van der Waals surface area contributed by atoms with Crippen LogP contribution in [0.5, 0.6) is 0 Å². The molecule has 19 heteroatoms. The van der Waals surface area contributed by atoms with Crippen LogP contribution < -0.4 is 32.3 Å². The molecule has 9 N–H and O–H groups in total. The highest BCUT2D eigenvalue weighted by atomic mass is 32.1. The summed E-state index contributed by atoms with van der Waals surface area (Å²) in [7, 11) is 0. The molecule has 0 spiro atoms. The lowest BCUT2D eigenvalue weighted by atomic mass is 10.1. The number of aromatic amines is 2. The van der Waals surface area contributed by atoms with Crippen molar-refractivity contribution in [1.29, 1.82) is 0 Å². The number of para-hydroxylation sites is 2. The molecule has 1 unspecified atom stereocenters. The Hall–Kier alpha value is -6.86. The summed E-state index contributed by atoms with van der Waals surface area (Å²) in [5, 5.41) is 16.3. The largest absolute Gasteiger partial charge is 0.386 e. The van der Waals surface area contributed by atoms with Crippen LogP contribution in [0.1, 0.15) is 42.9 Å². The van der Waals surface area contributed by atoms with Gasteiger partial charge in [0, 0.05) is 91.6 Å². The molecule has 0 saturated heterocycles. The van der Waals surface area contributed by atoms with E-state index in [-0.39, 0.29) is 63.3 Å². The fourth-order valence-electron chi connectivity index (χ4n) is 7.58. The maximum atomic E-state index is 14.0. The van der Waals surface area contributed by atoms with E-state index in [4.69, 9.17) is 5.73 Å². The van der Waals surface area contributed by atoms with Crippen molar-refractivity contribution in [3.05, 3.63) is 115 Å². The SMILES string of the molecule is C=C(N)NCCCC(NC(=O)CN(CCc1c[nH]c2ccccc12)C(=O)CNCc1cccnc1)C(=O)NCC(=O)N(CCc1c[nH]c2ccccc12)CC(=O)N(CCC)CC(=O)NCCS. The van der Waals surface area contributed by atoms with Crippen LogP contribution in [0.3, 0.4) is 0 Å². The first-order valence-electron chi connectivity index (χ1n) is 22.6. The van der Waals surface area contributed by atoms with Crippen LogP contribution in [0.4, 0.5) is 0 Å². The number of hydrogen-bond acceptors (Lipinski definition) is 11. The minimum Gasteiger partial charge on any atom is -0.386 e. The molecule has 0 fully saturated rings. The number of benzene rings is 2. The van der Waals surface area contributed by atoms with Crippen molar-refractivity contribution in [1.82, 2.24) is 56.2 Å². The molecule has 3 heterocycles. The van der Waals surface area contributed by atoms with E-state index in [2.05, 4.69) is 60.7 Å². The second-order valence-corrected chi connectivity index (χ2v) is 16.6. The first-order chi connectivity index (χ1) is 32.4. The molecular weight excluding hydrogens is 873 g/mol. The summed E-state index contributed by atoms with van der Waals surface area (Å²) in [5.41, 5.74) is 10.4. The highest BCUT2D eigenvalue weighted by Gasteiger charge is 2.27. The monoisotopic (exact) mass is 936 g/mol. The van der Waals surface area contributed by atoms with Gasteiger partial charge < -0.3 is 57.0 Å². The molecule has 18 nitrogen and oxygen atoms in total. The van der Waals surface area contributed by atoms with Crippen LogP contribution in [0.15, 0.2) is 97.9 Å². The minimum atomic E-state index is -1.10. The van der Waals surface area contributed by atoms with Gasteiger partial charge in [0.15, 0.2) is 0 Å². The second-order valence-electron chi connectivity index (χ2n) is 16.1. The first kappa shape index (κ1) is 51.1. The zero-order chi connectivity index (χ0) is 48.0. The Morgan fingerprint density at radius 3 is 1.96 bits per heavy atom. The number of H-pyrrole nitrogens is 2. The van der Waals surface area contributed by atoms with Crippen molar-refractivity contribution < 1.29 is 28.8 Å². The lowest BCUT2D eigenvalue weighted by Crippen LogP contribution is -2.53. The summed E-state index contributed by atoms with van der Waals surface area (Å²) in [6.45, 7) is 5.95. The third kappa shape index (κ3) is 16.5. The van der Waals surface area contributed by atoms with Gasteiger partial charge in [-0.05, 0) is 67.0 Å². The first-order valence-corrected chi connectivity index (χ1v) is 23.2. The molecule has 1 atom stereocenters. The van der Waals surface area contributed by atoms with Crippen molar-refractivity contribution in [3.63, 3.8) is 0 Å². The average molecular weight is 937 g/mol. The summed E-state index contributed by atoms with van der Waals surface area (Å²) in [5.74, 6) is -2.10. The van der Waals surface area contributed by atoms with E-state index in [0.717, 1.165) is 38.5 Å². The topological polar surface area (TPSA) is 243 Å². The molecule has 2 aromatic carbocycles. The smallest absolute Gasteiger partial charge is 0.243 e. The minimum absolute atomic E-state index is 0.0461. The van der Waals surface area contributed by atoms with Gasteiger partial charge in [-0.3, -0.25) is 33.8 Å². The van der Waals surface area contributed by atoms with E-state index in [1.165, 1.54) is 14.7 Å². The number of carbonyl (C=O) groups excluding carboxylic acids is 6. The second kappa shape index (κ2) is 26.9. The fourth-order valence-corrected chi connectivity index (χ4v) is 7.70. The van der Waals surface area contributed by atoms with Crippen molar-refractivity contribution in [2.24, 2.45) is 5.73 Å². The van der Waals surface area contributed by atoms with Gasteiger partial charge >= 0.3 is 0 Å². The Bertz CT molecular complexity index is 2420. The van der Waals surface area contributed by atoms with Gasteiger partial charge in [0.25, 0.3) is 0 Å². The zero-order valence-corrected chi connectivity index (χ0v) is 39.0. The van der Waals surface area contributed by atoms with Crippen LogP contribution >= 0.6 is 12.6 Å². The lowest BCUT2D eigenvalue weighted by Gasteiger charge is -2.28. The van der Waals surface area contributed by atoms with E-state index in [9.17, 15) is 28.8 Å². The molecule has 0 aliphatic rings. The maximum absolute atomic E-state index is 14.0. The molecule has 0 bridgehead atoms. The molecule has 0 aliphatic carbocycles. The van der Waals surface area contributed by atoms with Crippen LogP contribution in [-0.4, -0.2) is 142 Å². The number of thiol groups is 1. The lowest BCUT2D eigenvalue weighted by molar-refractivity contribution is -0.142. The molecule has 0 aliphatic heterocycles. The molecular formula is C48H64N12O6S. The van der Waals surface area contributed by atoms with Crippen molar-refractivity contribution >= 4 is 69.9 Å². The predicted octanol–water partition coefficient (Wildman–Crippen LogP) is 1.96. The van der Waals surface area contributed by atoms with Gasteiger partial charge in [-0.2, -0.15) is 12.6 Å². The van der Waals surface area contributed by atoms with Gasteiger partial charge in [-0.1, -0.05) is 56.0 Å². The van der Waals surface area contributed by atoms with Crippen molar-refractivity contribution in [2.75, 3.05) is 71.2 Å². The van der Waals surface area contributed by atoms with E-state index >= 15 is 0 Å². The number of aromatic nitrogens is 3. The highest BCUT2D eigenvalue weighted by Crippen LogP contribution is 2.20. The Morgan fingerprint density at radius 2 is 1.34 bits per heavy atom. The van der Waals surface area contributed by atoms with Crippen LogP contribution in [0.2, 0.25) is 0 Å². The van der Waals surface area contributed by atoms with Crippen LogP contribution in [-0.2, 0) is 48.2 Å². The Morgan fingerprint density at radius 1 is 0.731 bits per heavy atom. The number of hydrogen-bond donors (Lipinski definition) is 9. The highest BCUT2D eigenvalue weighted by molar-refractivity contribution is 7.80. The van der Waals surface area contributed by atoms with E-state index in [1.54, 1.807) is 12.4 Å². The number of rotatable bonds is 29. The van der Waals surface area contributed by atoms with Crippen LogP contribution in [0, 0.1) is 0 Å². The number of nitrogens with one attached hydrogen (secondary N) is 7. The summed E-state index contributed by atoms with van der Waals surface area (Å²) in [4.78, 5) is 96.9. The third-order valence-electron chi connectivity index (χ3n) is 11.0. The van der Waals surface area contributed by atoms with Gasteiger partial charge in [0.2, 0.25) is 35.4 Å². The summed E-state index contributed by atoms with van der Waals surface area (Å²) in [6, 6.07) is 18.2. The normalized spacial score (nSPS) is 11.4. The molecule has 0 radical (unpaired) electrons. The molecule has 3 aromatic heterocycles. The predicted molar refractivity (Wildman–Crippen MR) is 262 cm³/mol. The van der Waals surface area contributed by atoms with E-state index in [0.29, 0.717) is 57.6 Å². The van der Waals surface area contributed by atoms with Gasteiger partial charge in [0.1, 0.15) is 6.04 Å². The number of fused-ring (bicyclic) bond motifs is 2. The number of amides is 6. The van der Waals surface area contributed by atoms with E-state index in [1.807, 2.05) is 80.0 Å². The number of pyridine rings is 1. The molecule has 0 saturated carbocycles. The third-order valence-corrected chi connectivity index (χ3v) is 11.3. The average Bonchev–Trinajstić information content (AvgIpc) is 3.95. The molecule has 67 heavy (non-hydrogen) atoms. The van der Waals surface area contributed by atoms with Gasteiger partial charge in [-0.15, -0.1) is 0 Å². The van der Waals surface area contributed by atoms with E-state index < -0.39 is 36.2 Å². The Labute approximate surface area is 396 Å². The standard InChI is InChI=1S/C48H64N12O6S/c1-3-21-58(31-43(61)53-20-24-67)47(65)33-60(23-17-37-28-55-41-14-7-5-12-39(37)41)46(64)30-56-48(66)42(15-9-19-52-34(2)49)57-44(62)32-59(45(63)29-51-26-35-10-8-18-50-25-35)22-16-36-27-54-40-13-6-4-11-38(36)40/h4-8,10-14,18,25,27-28,42,51-52,54-55,67H,2-3,9,15-17,19-24,26,29-33,49H2,1H3,(H,53,61)(H,56,66)(H,57,62).